The summed E-state index contributed by atoms with van der Waals surface area (Å²) >= 11 is 9.09. The summed E-state index contributed by atoms with van der Waals surface area (Å²) in [5.74, 6) is -0.703. The summed E-state index contributed by atoms with van der Waals surface area (Å²) in [6, 6.07) is 8.70. The van der Waals surface area contributed by atoms with Crippen LogP contribution in [0.4, 0.5) is 14.5 Å². The molecule has 0 radical (unpaired) electrons. The van der Waals surface area contributed by atoms with Crippen LogP contribution in [0.25, 0.3) is 0 Å². The van der Waals surface area contributed by atoms with Crippen molar-refractivity contribution in [1.29, 1.82) is 0 Å². The first-order valence-corrected chi connectivity index (χ1v) is 6.35. The molecular weight excluding hydrogens is 324 g/mol. The number of hydrogen-bond donors (Lipinski definition) is 1. The van der Waals surface area contributed by atoms with Gasteiger partial charge in [0.05, 0.1) is 10.7 Å². The lowest BCUT2D eigenvalue weighted by molar-refractivity contribution is 0.625. The molecule has 0 aliphatic heterocycles. The van der Waals surface area contributed by atoms with Gasteiger partial charge in [-0.25, -0.2) is 8.78 Å². The van der Waals surface area contributed by atoms with Crippen molar-refractivity contribution < 1.29 is 8.78 Å². The predicted octanol–water partition coefficient (Wildman–Crippen LogP) is 4.99. The standard InChI is InChI=1S/C13H9BrClF2N/c14-9-3-8(4-11(17)5-9)7-18-13-2-1-10(16)6-12(13)15/h1-6,18H,7H2. The van der Waals surface area contributed by atoms with Crippen molar-refractivity contribution in [3.8, 4) is 0 Å². The summed E-state index contributed by atoms with van der Waals surface area (Å²) in [5, 5.41) is 3.32. The van der Waals surface area contributed by atoms with Crippen molar-refractivity contribution in [2.75, 3.05) is 5.32 Å². The maximum absolute atomic E-state index is 13.2. The average molecular weight is 333 g/mol. The zero-order chi connectivity index (χ0) is 13.1. The first-order valence-electron chi connectivity index (χ1n) is 5.18. The minimum absolute atomic E-state index is 0.297. The molecule has 0 aliphatic rings. The Bertz CT molecular complexity index is 555. The zero-order valence-electron chi connectivity index (χ0n) is 9.18. The third kappa shape index (κ3) is 3.43. The van der Waals surface area contributed by atoms with E-state index in [0.717, 1.165) is 5.56 Å². The highest BCUT2D eigenvalue weighted by Crippen LogP contribution is 2.23. The molecule has 0 heterocycles. The normalized spacial score (nSPS) is 10.4. The van der Waals surface area contributed by atoms with E-state index in [-0.39, 0.29) is 11.6 Å². The quantitative estimate of drug-likeness (QED) is 0.834. The van der Waals surface area contributed by atoms with E-state index in [1.807, 2.05) is 0 Å². The van der Waals surface area contributed by atoms with Crippen LogP contribution < -0.4 is 5.32 Å². The van der Waals surface area contributed by atoms with E-state index in [9.17, 15) is 8.78 Å². The Labute approximate surface area is 117 Å². The van der Waals surface area contributed by atoms with Gasteiger partial charge in [0.25, 0.3) is 0 Å². The molecule has 0 amide bonds. The fourth-order valence-corrected chi connectivity index (χ4v) is 2.29. The van der Waals surface area contributed by atoms with Gasteiger partial charge in [-0.05, 0) is 42.0 Å². The monoisotopic (exact) mass is 331 g/mol. The topological polar surface area (TPSA) is 12.0 Å². The second-order valence-electron chi connectivity index (χ2n) is 3.76. The Kier molecular flexibility index (Phi) is 4.19. The van der Waals surface area contributed by atoms with Crippen LogP contribution in [0.2, 0.25) is 5.02 Å². The van der Waals surface area contributed by atoms with Crippen LogP contribution in [0, 0.1) is 11.6 Å². The zero-order valence-corrected chi connectivity index (χ0v) is 11.5. The Balaban J connectivity index is 2.11. The van der Waals surface area contributed by atoms with Crippen LogP contribution >= 0.6 is 27.5 Å². The van der Waals surface area contributed by atoms with Gasteiger partial charge in [0.2, 0.25) is 0 Å². The van der Waals surface area contributed by atoms with Crippen molar-refractivity contribution in [3.05, 3.63) is 63.1 Å². The minimum Gasteiger partial charge on any atom is -0.380 e. The number of rotatable bonds is 3. The summed E-state index contributed by atoms with van der Waals surface area (Å²) in [6.07, 6.45) is 0. The number of hydrogen-bond acceptors (Lipinski definition) is 1. The van der Waals surface area contributed by atoms with Crippen molar-refractivity contribution in [2.24, 2.45) is 0 Å². The third-order valence-corrected chi connectivity index (χ3v) is 3.11. The van der Waals surface area contributed by atoms with Crippen molar-refractivity contribution in [1.82, 2.24) is 0 Å². The van der Waals surface area contributed by atoms with Gasteiger partial charge in [-0.2, -0.15) is 0 Å². The second-order valence-corrected chi connectivity index (χ2v) is 5.08. The van der Waals surface area contributed by atoms with Gasteiger partial charge >= 0.3 is 0 Å². The smallest absolute Gasteiger partial charge is 0.124 e. The molecule has 1 nitrogen and oxygen atoms in total. The molecule has 2 rings (SSSR count). The minimum atomic E-state index is -0.390. The Hall–Kier alpha value is -1.13. The Morgan fingerprint density at radius 2 is 1.83 bits per heavy atom. The highest BCUT2D eigenvalue weighted by molar-refractivity contribution is 9.10. The van der Waals surface area contributed by atoms with Crippen molar-refractivity contribution in [3.63, 3.8) is 0 Å². The summed E-state index contributed by atoms with van der Waals surface area (Å²) in [6.45, 7) is 0.404. The SMILES string of the molecule is Fc1cc(Br)cc(CNc2ccc(F)cc2Cl)c1. The molecule has 18 heavy (non-hydrogen) atoms. The summed E-state index contributed by atoms with van der Waals surface area (Å²) in [5.41, 5.74) is 1.38. The summed E-state index contributed by atoms with van der Waals surface area (Å²) < 4.78 is 26.7. The number of halogens is 4. The van der Waals surface area contributed by atoms with Crippen LogP contribution in [-0.2, 0) is 6.54 Å². The van der Waals surface area contributed by atoms with Crippen LogP contribution in [-0.4, -0.2) is 0 Å². The van der Waals surface area contributed by atoms with Crippen LogP contribution in [0.1, 0.15) is 5.56 Å². The van der Waals surface area contributed by atoms with Gasteiger partial charge < -0.3 is 5.32 Å². The molecule has 0 unspecified atom stereocenters. The molecule has 0 saturated carbocycles. The van der Waals surface area contributed by atoms with E-state index < -0.39 is 0 Å². The molecule has 0 atom stereocenters. The lowest BCUT2D eigenvalue weighted by Crippen LogP contribution is -2.00. The molecule has 5 heteroatoms. The maximum atomic E-state index is 13.2. The molecule has 0 spiro atoms. The fraction of sp³-hybridized carbons (Fsp3) is 0.0769. The number of benzene rings is 2. The first-order chi connectivity index (χ1) is 8.54. The molecule has 2 aromatic carbocycles. The lowest BCUT2D eigenvalue weighted by Gasteiger charge is -2.09. The highest BCUT2D eigenvalue weighted by atomic mass is 79.9. The van der Waals surface area contributed by atoms with Gasteiger partial charge in [-0.3, -0.25) is 0 Å². The maximum Gasteiger partial charge on any atom is 0.124 e. The molecule has 0 fully saturated rings. The first kappa shape index (κ1) is 13.3. The van der Waals surface area contributed by atoms with E-state index in [4.69, 9.17) is 11.6 Å². The highest BCUT2D eigenvalue weighted by Gasteiger charge is 2.03. The fourth-order valence-electron chi connectivity index (χ4n) is 1.54. The average Bonchev–Trinajstić information content (AvgIpc) is 2.26. The van der Waals surface area contributed by atoms with Gasteiger partial charge in [0.1, 0.15) is 11.6 Å². The van der Waals surface area contributed by atoms with Crippen molar-refractivity contribution in [2.45, 2.75) is 6.54 Å². The predicted molar refractivity (Wildman–Crippen MR) is 72.8 cm³/mol. The largest absolute Gasteiger partial charge is 0.380 e. The molecular formula is C13H9BrClF2N. The van der Waals surface area contributed by atoms with Gasteiger partial charge in [-0.1, -0.05) is 27.5 Å². The van der Waals surface area contributed by atoms with Crippen molar-refractivity contribution >= 4 is 33.2 Å². The van der Waals surface area contributed by atoms with Crippen LogP contribution in [0.3, 0.4) is 0 Å². The van der Waals surface area contributed by atoms with Gasteiger partial charge in [0, 0.05) is 11.0 Å². The molecule has 0 aromatic heterocycles. The number of anilines is 1. The van der Waals surface area contributed by atoms with E-state index in [1.165, 1.54) is 24.3 Å². The second kappa shape index (κ2) is 5.67. The third-order valence-electron chi connectivity index (χ3n) is 2.34. The van der Waals surface area contributed by atoms with Crippen LogP contribution in [0.15, 0.2) is 40.9 Å². The molecule has 1 N–H and O–H groups in total. The van der Waals surface area contributed by atoms with Gasteiger partial charge in [-0.15, -0.1) is 0 Å². The number of nitrogens with one attached hydrogen (secondary N) is 1. The van der Waals surface area contributed by atoms with E-state index in [2.05, 4.69) is 21.2 Å². The van der Waals surface area contributed by atoms with E-state index >= 15 is 0 Å². The van der Waals surface area contributed by atoms with Crippen LogP contribution in [0.5, 0.6) is 0 Å². The summed E-state index contributed by atoms with van der Waals surface area (Å²) in [7, 11) is 0. The molecule has 94 valence electrons. The molecule has 2 aromatic rings. The van der Waals surface area contributed by atoms with Gasteiger partial charge in [0.15, 0.2) is 0 Å². The lowest BCUT2D eigenvalue weighted by atomic mass is 10.2. The Morgan fingerprint density at radius 1 is 1.06 bits per heavy atom. The van der Waals surface area contributed by atoms with E-state index in [0.29, 0.717) is 21.7 Å². The molecule has 0 saturated heterocycles. The molecule has 0 aliphatic carbocycles. The molecule has 0 bridgehead atoms. The summed E-state index contributed by atoms with van der Waals surface area (Å²) in [4.78, 5) is 0. The Morgan fingerprint density at radius 3 is 2.50 bits per heavy atom. The van der Waals surface area contributed by atoms with E-state index in [1.54, 1.807) is 12.1 Å².